The van der Waals surface area contributed by atoms with Gasteiger partial charge in [-0.25, -0.2) is 9.37 Å². The minimum Gasteiger partial charge on any atom is -0.505 e. The van der Waals surface area contributed by atoms with Crippen molar-refractivity contribution < 1.29 is 23.7 Å². The predicted octanol–water partition coefficient (Wildman–Crippen LogP) is 3.79. The van der Waals surface area contributed by atoms with Crippen LogP contribution in [0.5, 0.6) is 23.0 Å². The summed E-state index contributed by atoms with van der Waals surface area (Å²) in [6.45, 7) is 2.03. The van der Waals surface area contributed by atoms with Gasteiger partial charge in [-0.2, -0.15) is 0 Å². The smallest absolute Gasteiger partial charge is 0.231 e. The molecule has 1 aliphatic heterocycles. The molecule has 0 amide bonds. The van der Waals surface area contributed by atoms with Gasteiger partial charge in [-0.1, -0.05) is 0 Å². The summed E-state index contributed by atoms with van der Waals surface area (Å²) in [4.78, 5) is 4.51. The van der Waals surface area contributed by atoms with Gasteiger partial charge in [-0.3, -0.25) is 0 Å². The van der Waals surface area contributed by atoms with Crippen molar-refractivity contribution in [2.24, 2.45) is 0 Å². The highest BCUT2D eigenvalue weighted by Gasteiger charge is 2.21. The highest BCUT2D eigenvalue weighted by molar-refractivity contribution is 5.86. The Morgan fingerprint density at radius 3 is 2.79 bits per heavy atom. The molecule has 0 spiro atoms. The maximum absolute atomic E-state index is 13.7. The van der Waals surface area contributed by atoms with Crippen LogP contribution in [-0.2, 0) is 0 Å². The van der Waals surface area contributed by atoms with E-state index in [1.165, 1.54) is 12.1 Å². The Labute approximate surface area is 137 Å². The molecular weight excluding hydrogens is 313 g/mol. The van der Waals surface area contributed by atoms with Crippen LogP contribution >= 0.6 is 0 Å². The van der Waals surface area contributed by atoms with Crippen LogP contribution in [0.2, 0.25) is 0 Å². The molecule has 1 aliphatic rings. The fourth-order valence-electron chi connectivity index (χ4n) is 2.83. The number of fused-ring (bicyclic) bond motifs is 2. The zero-order chi connectivity index (χ0) is 16.8. The third kappa shape index (κ3) is 2.19. The van der Waals surface area contributed by atoms with E-state index >= 15 is 0 Å². The van der Waals surface area contributed by atoms with Gasteiger partial charge in [0.2, 0.25) is 12.5 Å². The highest BCUT2D eigenvalue weighted by atomic mass is 19.1. The van der Waals surface area contributed by atoms with Crippen LogP contribution in [0.1, 0.15) is 5.56 Å². The van der Waals surface area contributed by atoms with Crippen molar-refractivity contribution in [2.75, 3.05) is 13.9 Å². The van der Waals surface area contributed by atoms with E-state index in [1.54, 1.807) is 13.2 Å². The third-order valence-electron chi connectivity index (χ3n) is 4.04. The monoisotopic (exact) mass is 327 g/mol. The second-order valence-electron chi connectivity index (χ2n) is 5.56. The number of aromatic hydroxyl groups is 1. The van der Waals surface area contributed by atoms with Crippen LogP contribution < -0.4 is 14.2 Å². The summed E-state index contributed by atoms with van der Waals surface area (Å²) < 4.78 is 29.8. The molecule has 1 N–H and O–H groups in total. The summed E-state index contributed by atoms with van der Waals surface area (Å²) in [5.41, 5.74) is 2.77. The van der Waals surface area contributed by atoms with Gasteiger partial charge >= 0.3 is 0 Å². The topological polar surface area (TPSA) is 60.8 Å². The first kappa shape index (κ1) is 14.6. The van der Waals surface area contributed by atoms with Gasteiger partial charge in [0.05, 0.1) is 18.3 Å². The summed E-state index contributed by atoms with van der Waals surface area (Å²) >= 11 is 0. The van der Waals surface area contributed by atoms with Crippen molar-refractivity contribution in [1.29, 1.82) is 0 Å². The molecule has 0 fully saturated rings. The number of hydrogen-bond donors (Lipinski definition) is 1. The van der Waals surface area contributed by atoms with Gasteiger partial charge in [-0.05, 0) is 36.8 Å². The first-order valence-electron chi connectivity index (χ1n) is 7.34. The standard InChI is InChI=1S/C18H14FNO4/c1-9-3-13(20-14-7-12(19)15(21)6-11(9)14)10-4-16(22-2)18-17(5-10)23-8-24-18/h3-7,21H,8H2,1-2H3. The summed E-state index contributed by atoms with van der Waals surface area (Å²) in [5.74, 6) is 0.617. The van der Waals surface area contributed by atoms with Crippen molar-refractivity contribution in [2.45, 2.75) is 6.92 Å². The Bertz CT molecular complexity index is 971. The van der Waals surface area contributed by atoms with Crippen molar-refractivity contribution in [1.82, 2.24) is 4.98 Å². The molecule has 0 unspecified atom stereocenters. The molecule has 5 nitrogen and oxygen atoms in total. The first-order valence-corrected chi connectivity index (χ1v) is 7.34. The van der Waals surface area contributed by atoms with Crippen molar-refractivity contribution in [3.05, 3.63) is 41.7 Å². The molecule has 122 valence electrons. The number of pyridine rings is 1. The summed E-state index contributed by atoms with van der Waals surface area (Å²) in [5, 5.41) is 10.3. The lowest BCUT2D eigenvalue weighted by molar-refractivity contribution is 0.171. The van der Waals surface area contributed by atoms with Crippen molar-refractivity contribution >= 4 is 10.9 Å². The number of hydrogen-bond acceptors (Lipinski definition) is 5. The van der Waals surface area contributed by atoms with E-state index < -0.39 is 5.82 Å². The summed E-state index contributed by atoms with van der Waals surface area (Å²) in [6.07, 6.45) is 0. The van der Waals surface area contributed by atoms with E-state index in [1.807, 2.05) is 19.1 Å². The van der Waals surface area contributed by atoms with Gasteiger partial charge < -0.3 is 19.3 Å². The fourth-order valence-corrected chi connectivity index (χ4v) is 2.83. The molecule has 0 atom stereocenters. The van der Waals surface area contributed by atoms with Gasteiger partial charge in [0.1, 0.15) is 0 Å². The van der Waals surface area contributed by atoms with Gasteiger partial charge in [0, 0.05) is 17.0 Å². The maximum atomic E-state index is 13.7. The van der Waals surface area contributed by atoms with Gasteiger partial charge in [0.25, 0.3) is 0 Å². The molecule has 0 saturated carbocycles. The van der Waals surface area contributed by atoms with Crippen LogP contribution in [0.15, 0.2) is 30.3 Å². The number of nitrogens with zero attached hydrogens (tertiary/aromatic N) is 1. The second-order valence-corrected chi connectivity index (χ2v) is 5.56. The summed E-state index contributed by atoms with van der Waals surface area (Å²) in [6, 6.07) is 8.10. The van der Waals surface area contributed by atoms with Crippen LogP contribution in [0, 0.1) is 12.7 Å². The molecule has 6 heteroatoms. The lowest BCUT2D eigenvalue weighted by Gasteiger charge is -2.10. The van der Waals surface area contributed by atoms with Gasteiger partial charge in [-0.15, -0.1) is 0 Å². The molecule has 0 saturated heterocycles. The molecule has 24 heavy (non-hydrogen) atoms. The number of rotatable bonds is 2. The van der Waals surface area contributed by atoms with E-state index in [2.05, 4.69) is 4.98 Å². The van der Waals surface area contributed by atoms with Crippen LogP contribution in [0.25, 0.3) is 22.2 Å². The summed E-state index contributed by atoms with van der Waals surface area (Å²) in [7, 11) is 1.55. The number of methoxy groups -OCH3 is 1. The number of benzene rings is 2. The molecule has 2 aromatic carbocycles. The van der Waals surface area contributed by atoms with E-state index in [9.17, 15) is 9.50 Å². The SMILES string of the molecule is COc1cc(-c2cc(C)c3cc(O)c(F)cc3n2)cc2c1OCO2. The molecular formula is C18H14FNO4. The van der Waals surface area contributed by atoms with Gasteiger partial charge in [0.15, 0.2) is 23.1 Å². The van der Waals surface area contributed by atoms with Crippen molar-refractivity contribution in [3.8, 4) is 34.3 Å². The lowest BCUT2D eigenvalue weighted by atomic mass is 10.0. The highest BCUT2D eigenvalue weighted by Crippen LogP contribution is 2.44. The van der Waals surface area contributed by atoms with E-state index in [4.69, 9.17) is 14.2 Å². The number of aromatic nitrogens is 1. The molecule has 4 rings (SSSR count). The van der Waals surface area contributed by atoms with E-state index in [0.29, 0.717) is 33.8 Å². The Balaban J connectivity index is 1.92. The minimum atomic E-state index is -0.699. The van der Waals surface area contributed by atoms with Crippen LogP contribution in [0.4, 0.5) is 4.39 Å². The molecule has 3 aromatic rings. The fraction of sp³-hybridized carbons (Fsp3) is 0.167. The molecule has 0 bridgehead atoms. The Hall–Kier alpha value is -3.02. The number of aryl methyl sites for hydroxylation is 1. The van der Waals surface area contributed by atoms with E-state index in [0.717, 1.165) is 11.1 Å². The minimum absolute atomic E-state index is 0.143. The molecule has 2 heterocycles. The molecule has 0 aliphatic carbocycles. The molecule has 1 aromatic heterocycles. The normalized spacial score (nSPS) is 12.6. The maximum Gasteiger partial charge on any atom is 0.231 e. The average Bonchev–Trinajstić information content (AvgIpc) is 3.04. The number of phenolic OH excluding ortho intramolecular Hbond substituents is 1. The Morgan fingerprint density at radius 2 is 2.00 bits per heavy atom. The predicted molar refractivity (Wildman–Crippen MR) is 86.2 cm³/mol. The number of halogens is 1. The zero-order valence-electron chi connectivity index (χ0n) is 13.1. The van der Waals surface area contributed by atoms with Crippen LogP contribution in [-0.4, -0.2) is 24.0 Å². The first-order chi connectivity index (χ1) is 11.6. The number of ether oxygens (including phenoxy) is 3. The average molecular weight is 327 g/mol. The second kappa shape index (κ2) is 5.26. The molecule has 0 radical (unpaired) electrons. The Kier molecular flexibility index (Phi) is 3.19. The largest absolute Gasteiger partial charge is 0.505 e. The van der Waals surface area contributed by atoms with Crippen molar-refractivity contribution in [3.63, 3.8) is 0 Å². The third-order valence-corrected chi connectivity index (χ3v) is 4.04. The quantitative estimate of drug-likeness (QED) is 0.776. The Morgan fingerprint density at radius 1 is 1.17 bits per heavy atom. The zero-order valence-corrected chi connectivity index (χ0v) is 13.1. The number of phenols is 1. The van der Waals surface area contributed by atoms with Crippen LogP contribution in [0.3, 0.4) is 0 Å². The van der Waals surface area contributed by atoms with E-state index in [-0.39, 0.29) is 12.5 Å². The lowest BCUT2D eigenvalue weighted by Crippen LogP contribution is -1.93.